The minimum atomic E-state index is -4.63. The second-order valence-corrected chi connectivity index (χ2v) is 3.61. The van der Waals surface area contributed by atoms with Crippen LogP contribution in [0.15, 0.2) is 17.3 Å². The molecule has 0 atom stereocenters. The molecule has 2 aromatic rings. The molecule has 0 aliphatic rings. The Bertz CT molecular complexity index is 607. The largest absolute Gasteiger partial charge is 0.433 e. The van der Waals surface area contributed by atoms with Crippen molar-refractivity contribution in [1.29, 1.82) is 0 Å². The molecule has 2 heterocycles. The Hall–Kier alpha value is -1.77. The maximum atomic E-state index is 12.7. The van der Waals surface area contributed by atoms with E-state index in [-0.39, 0.29) is 16.2 Å². The van der Waals surface area contributed by atoms with E-state index in [0.29, 0.717) is 10.6 Å². The van der Waals surface area contributed by atoms with Crippen LogP contribution >= 0.6 is 12.6 Å². The lowest BCUT2D eigenvalue weighted by atomic mass is 10.3. The molecule has 0 spiro atoms. The van der Waals surface area contributed by atoms with Gasteiger partial charge in [-0.05, 0) is 0 Å². The SMILES string of the molecule is NC(=O)c1cnn2c(C(F)(F)F)cc(S)nc12. The molecule has 0 aromatic carbocycles. The van der Waals surface area contributed by atoms with E-state index in [4.69, 9.17) is 5.73 Å². The third kappa shape index (κ3) is 1.93. The standard InChI is InChI=1S/C8H5F3N4OS/c9-8(10,11)4-1-5(17)14-7-3(6(12)16)2-13-15(4)7/h1-2H,(H2,12,16)(H,14,17). The summed E-state index contributed by atoms with van der Waals surface area (Å²) in [7, 11) is 0. The van der Waals surface area contributed by atoms with Crippen LogP contribution in [0.25, 0.3) is 5.65 Å². The van der Waals surface area contributed by atoms with Crippen LogP contribution in [0.2, 0.25) is 0 Å². The molecule has 17 heavy (non-hydrogen) atoms. The topological polar surface area (TPSA) is 73.3 Å². The van der Waals surface area contributed by atoms with Gasteiger partial charge in [0.1, 0.15) is 5.56 Å². The fourth-order valence-corrected chi connectivity index (χ4v) is 1.54. The van der Waals surface area contributed by atoms with Gasteiger partial charge in [0.05, 0.1) is 11.2 Å². The van der Waals surface area contributed by atoms with E-state index in [0.717, 1.165) is 6.20 Å². The van der Waals surface area contributed by atoms with Crippen LogP contribution in [0, 0.1) is 0 Å². The lowest BCUT2D eigenvalue weighted by molar-refractivity contribution is -0.142. The molecule has 0 aliphatic heterocycles. The highest BCUT2D eigenvalue weighted by atomic mass is 32.1. The summed E-state index contributed by atoms with van der Waals surface area (Å²) in [5, 5.41) is 3.27. The molecule has 0 fully saturated rings. The number of hydrogen-bond donors (Lipinski definition) is 2. The number of rotatable bonds is 1. The molecule has 1 amide bonds. The van der Waals surface area contributed by atoms with E-state index in [1.165, 1.54) is 0 Å². The Morgan fingerprint density at radius 3 is 2.65 bits per heavy atom. The Morgan fingerprint density at radius 2 is 2.12 bits per heavy atom. The maximum Gasteiger partial charge on any atom is 0.433 e. The minimum Gasteiger partial charge on any atom is -0.365 e. The van der Waals surface area contributed by atoms with Crippen molar-refractivity contribution in [3.8, 4) is 0 Å². The third-order valence-electron chi connectivity index (χ3n) is 2.01. The summed E-state index contributed by atoms with van der Waals surface area (Å²) >= 11 is 3.75. The van der Waals surface area contributed by atoms with Gasteiger partial charge in [-0.1, -0.05) is 0 Å². The van der Waals surface area contributed by atoms with E-state index in [2.05, 4.69) is 22.7 Å². The van der Waals surface area contributed by atoms with Crippen LogP contribution in [0.3, 0.4) is 0 Å². The smallest absolute Gasteiger partial charge is 0.365 e. The van der Waals surface area contributed by atoms with Crippen molar-refractivity contribution >= 4 is 24.2 Å². The van der Waals surface area contributed by atoms with Crippen LogP contribution in [-0.2, 0) is 6.18 Å². The zero-order valence-corrected chi connectivity index (χ0v) is 8.96. The summed E-state index contributed by atoms with van der Waals surface area (Å²) < 4.78 is 38.5. The number of carbonyl (C=O) groups is 1. The summed E-state index contributed by atoms with van der Waals surface area (Å²) in [5.41, 5.74) is 3.47. The normalized spacial score (nSPS) is 12.0. The average Bonchev–Trinajstić information content (AvgIpc) is 2.57. The van der Waals surface area contributed by atoms with Crippen LogP contribution in [0.4, 0.5) is 13.2 Å². The van der Waals surface area contributed by atoms with Gasteiger partial charge < -0.3 is 5.73 Å². The Labute approximate surface area is 97.8 Å². The molecular weight excluding hydrogens is 257 g/mol. The van der Waals surface area contributed by atoms with Crippen molar-refractivity contribution in [1.82, 2.24) is 14.6 Å². The zero-order chi connectivity index (χ0) is 12.8. The summed E-state index contributed by atoms with van der Waals surface area (Å²) in [5.74, 6) is -0.903. The lowest BCUT2D eigenvalue weighted by Gasteiger charge is -2.09. The van der Waals surface area contributed by atoms with E-state index in [9.17, 15) is 18.0 Å². The quantitative estimate of drug-likeness (QED) is 0.597. The molecule has 0 unspecified atom stereocenters. The van der Waals surface area contributed by atoms with Gasteiger partial charge in [-0.25, -0.2) is 9.50 Å². The van der Waals surface area contributed by atoms with Crippen LogP contribution in [-0.4, -0.2) is 20.5 Å². The number of amides is 1. The molecular formula is C8H5F3N4OS. The number of hydrogen-bond acceptors (Lipinski definition) is 4. The molecule has 0 bridgehead atoms. The highest BCUT2D eigenvalue weighted by Gasteiger charge is 2.35. The molecule has 2 rings (SSSR count). The zero-order valence-electron chi connectivity index (χ0n) is 8.06. The van der Waals surface area contributed by atoms with Gasteiger partial charge in [-0.3, -0.25) is 4.79 Å². The molecule has 2 N–H and O–H groups in total. The number of carbonyl (C=O) groups excluding carboxylic acids is 1. The number of nitrogens with two attached hydrogens (primary N) is 1. The monoisotopic (exact) mass is 262 g/mol. The van der Waals surface area contributed by atoms with Crippen molar-refractivity contribution in [3.63, 3.8) is 0 Å². The van der Waals surface area contributed by atoms with Gasteiger partial charge in [0.15, 0.2) is 11.3 Å². The first-order valence-corrected chi connectivity index (χ1v) is 4.70. The molecule has 0 radical (unpaired) electrons. The van der Waals surface area contributed by atoms with Crippen LogP contribution in [0.1, 0.15) is 16.1 Å². The van der Waals surface area contributed by atoms with Crippen molar-refractivity contribution in [3.05, 3.63) is 23.5 Å². The molecule has 9 heteroatoms. The molecule has 0 aliphatic carbocycles. The summed E-state index contributed by atoms with van der Waals surface area (Å²) in [6, 6.07) is 0.716. The van der Waals surface area contributed by atoms with E-state index in [1.807, 2.05) is 0 Å². The van der Waals surface area contributed by atoms with Crippen molar-refractivity contribution in [2.45, 2.75) is 11.2 Å². The first-order chi connectivity index (χ1) is 7.80. The minimum absolute atomic E-state index is 0.173. The Kier molecular flexibility index (Phi) is 2.49. The molecule has 90 valence electrons. The molecule has 5 nitrogen and oxygen atoms in total. The van der Waals surface area contributed by atoms with Gasteiger partial charge >= 0.3 is 6.18 Å². The Morgan fingerprint density at radius 1 is 1.47 bits per heavy atom. The predicted molar refractivity (Wildman–Crippen MR) is 53.8 cm³/mol. The highest BCUT2D eigenvalue weighted by Crippen LogP contribution is 2.30. The Balaban J connectivity index is 2.84. The fourth-order valence-electron chi connectivity index (χ4n) is 1.33. The van der Waals surface area contributed by atoms with E-state index in [1.54, 1.807) is 0 Å². The first-order valence-electron chi connectivity index (χ1n) is 4.25. The van der Waals surface area contributed by atoms with Gasteiger partial charge in [-0.2, -0.15) is 18.3 Å². The van der Waals surface area contributed by atoms with E-state index < -0.39 is 17.8 Å². The summed E-state index contributed by atoms with van der Waals surface area (Å²) in [6.07, 6.45) is -3.69. The number of nitrogens with zero attached hydrogens (tertiary/aromatic N) is 3. The molecule has 2 aromatic heterocycles. The van der Waals surface area contributed by atoms with Crippen molar-refractivity contribution < 1.29 is 18.0 Å². The van der Waals surface area contributed by atoms with Crippen molar-refractivity contribution in [2.75, 3.05) is 0 Å². The number of alkyl halides is 3. The number of aromatic nitrogens is 3. The van der Waals surface area contributed by atoms with E-state index >= 15 is 0 Å². The number of primary amides is 1. The summed E-state index contributed by atoms with van der Waals surface area (Å²) in [4.78, 5) is 14.7. The number of halogens is 3. The molecule has 0 saturated heterocycles. The van der Waals surface area contributed by atoms with Gasteiger partial charge in [0.2, 0.25) is 0 Å². The summed E-state index contributed by atoms with van der Waals surface area (Å²) in [6.45, 7) is 0. The van der Waals surface area contributed by atoms with Gasteiger partial charge in [-0.15, -0.1) is 12.6 Å². The number of thiol groups is 1. The van der Waals surface area contributed by atoms with Crippen LogP contribution < -0.4 is 5.73 Å². The number of fused-ring (bicyclic) bond motifs is 1. The highest BCUT2D eigenvalue weighted by molar-refractivity contribution is 7.80. The maximum absolute atomic E-state index is 12.7. The van der Waals surface area contributed by atoms with Gasteiger partial charge in [0.25, 0.3) is 5.91 Å². The van der Waals surface area contributed by atoms with Gasteiger partial charge in [0, 0.05) is 6.07 Å². The van der Waals surface area contributed by atoms with Crippen molar-refractivity contribution in [2.24, 2.45) is 5.73 Å². The first kappa shape index (κ1) is 11.7. The lowest BCUT2D eigenvalue weighted by Crippen LogP contribution is -2.15. The second-order valence-electron chi connectivity index (χ2n) is 3.16. The van der Waals surface area contributed by atoms with Crippen LogP contribution in [0.5, 0.6) is 0 Å². The second kappa shape index (κ2) is 3.62. The average molecular weight is 262 g/mol. The fraction of sp³-hybridized carbons (Fsp3) is 0.125. The molecule has 0 saturated carbocycles. The predicted octanol–water partition coefficient (Wildman–Crippen LogP) is 1.14. The third-order valence-corrected chi connectivity index (χ3v) is 2.24.